The molecule has 6 nitrogen and oxygen atoms in total. The third kappa shape index (κ3) is 2.79. The van der Waals surface area contributed by atoms with E-state index in [9.17, 15) is 9.59 Å². The highest BCUT2D eigenvalue weighted by molar-refractivity contribution is 7.09. The Kier molecular flexibility index (Phi) is 3.51. The van der Waals surface area contributed by atoms with Crippen LogP contribution in [0.5, 0.6) is 0 Å². The van der Waals surface area contributed by atoms with Crippen LogP contribution in [0.4, 0.5) is 4.79 Å². The van der Waals surface area contributed by atoms with Gasteiger partial charge in [0.1, 0.15) is 5.54 Å². The predicted octanol–water partition coefficient (Wildman–Crippen LogP) is 1.16. The van der Waals surface area contributed by atoms with Crippen molar-refractivity contribution in [3.8, 4) is 0 Å². The van der Waals surface area contributed by atoms with Crippen molar-refractivity contribution in [3.05, 3.63) is 16.6 Å². The molecule has 1 aromatic rings. The van der Waals surface area contributed by atoms with E-state index in [-0.39, 0.29) is 5.92 Å². The Labute approximate surface area is 108 Å². The van der Waals surface area contributed by atoms with Crippen molar-refractivity contribution in [1.29, 1.82) is 0 Å². The highest BCUT2D eigenvalue weighted by Crippen LogP contribution is 2.35. The molecule has 1 atom stereocenters. The van der Waals surface area contributed by atoms with Crippen molar-refractivity contribution in [2.45, 2.75) is 31.2 Å². The maximum absolute atomic E-state index is 11.6. The molecule has 0 aliphatic heterocycles. The second-order valence-corrected chi connectivity index (χ2v) is 5.42. The Morgan fingerprint density at radius 2 is 2.33 bits per heavy atom. The Balaban J connectivity index is 1.77. The van der Waals surface area contributed by atoms with Crippen LogP contribution < -0.4 is 10.6 Å². The molecule has 1 heterocycles. The minimum atomic E-state index is -1.03. The summed E-state index contributed by atoms with van der Waals surface area (Å²) in [5, 5.41) is 16.9. The van der Waals surface area contributed by atoms with Gasteiger partial charge in [0.2, 0.25) is 0 Å². The largest absolute Gasteiger partial charge is 0.480 e. The van der Waals surface area contributed by atoms with E-state index in [0.717, 1.165) is 5.01 Å². The number of urea groups is 1. The molecular formula is C11H15N3O3S. The lowest BCUT2D eigenvalue weighted by Crippen LogP contribution is -2.48. The topological polar surface area (TPSA) is 91.3 Å². The number of aliphatic carboxylic acids is 1. The molecule has 2 amide bonds. The van der Waals surface area contributed by atoms with Gasteiger partial charge in [-0.05, 0) is 12.8 Å². The minimum absolute atomic E-state index is 0.121. The van der Waals surface area contributed by atoms with E-state index >= 15 is 0 Å². The van der Waals surface area contributed by atoms with E-state index in [1.165, 1.54) is 11.3 Å². The molecule has 7 heteroatoms. The van der Waals surface area contributed by atoms with E-state index in [1.807, 2.05) is 12.3 Å². The Bertz CT molecular complexity index is 442. The fraction of sp³-hybridized carbons (Fsp3) is 0.545. The van der Waals surface area contributed by atoms with Crippen molar-refractivity contribution < 1.29 is 14.7 Å². The number of nitrogens with zero attached hydrogens (tertiary/aromatic N) is 1. The smallest absolute Gasteiger partial charge is 0.329 e. The fourth-order valence-electron chi connectivity index (χ4n) is 1.59. The number of carbonyl (C=O) groups excluding carboxylic acids is 1. The average Bonchev–Trinajstić information content (AvgIpc) is 2.91. The van der Waals surface area contributed by atoms with Crippen molar-refractivity contribution in [2.24, 2.45) is 0 Å². The van der Waals surface area contributed by atoms with E-state index in [2.05, 4.69) is 15.6 Å². The molecule has 18 heavy (non-hydrogen) atoms. The molecule has 3 N–H and O–H groups in total. The molecule has 0 saturated heterocycles. The third-order valence-corrected chi connectivity index (χ3v) is 3.96. The molecule has 98 valence electrons. The zero-order chi connectivity index (χ0) is 13.2. The summed E-state index contributed by atoms with van der Waals surface area (Å²) in [6.45, 7) is 2.40. The number of carboxylic acids is 1. The zero-order valence-electron chi connectivity index (χ0n) is 9.97. The average molecular weight is 269 g/mol. The molecule has 0 bridgehead atoms. The zero-order valence-corrected chi connectivity index (χ0v) is 10.8. The molecule has 1 aliphatic rings. The first-order valence-electron chi connectivity index (χ1n) is 5.72. The number of carboxylic acid groups (broad SMARTS) is 1. The van der Waals surface area contributed by atoms with Crippen LogP contribution in [0.3, 0.4) is 0 Å². The van der Waals surface area contributed by atoms with Gasteiger partial charge in [-0.2, -0.15) is 0 Å². The van der Waals surface area contributed by atoms with Crippen LogP contribution in [-0.4, -0.2) is 34.2 Å². The molecule has 2 rings (SSSR count). The maximum Gasteiger partial charge on any atom is 0.329 e. The minimum Gasteiger partial charge on any atom is -0.480 e. The van der Waals surface area contributed by atoms with Gasteiger partial charge in [-0.3, -0.25) is 0 Å². The maximum atomic E-state index is 11.6. The summed E-state index contributed by atoms with van der Waals surface area (Å²) in [5.41, 5.74) is -1.03. The SMILES string of the molecule is CC(CNC(=O)NC1(C(=O)O)CC1)c1nccs1. The van der Waals surface area contributed by atoms with Gasteiger partial charge in [0.05, 0.1) is 5.01 Å². The Morgan fingerprint density at radius 1 is 1.61 bits per heavy atom. The summed E-state index contributed by atoms with van der Waals surface area (Å²) in [6, 6.07) is -0.432. The van der Waals surface area contributed by atoms with Gasteiger partial charge in [-0.1, -0.05) is 6.92 Å². The van der Waals surface area contributed by atoms with Crippen molar-refractivity contribution in [2.75, 3.05) is 6.54 Å². The first-order valence-corrected chi connectivity index (χ1v) is 6.60. The van der Waals surface area contributed by atoms with Crippen LogP contribution in [0.15, 0.2) is 11.6 Å². The van der Waals surface area contributed by atoms with Crippen LogP contribution in [0.25, 0.3) is 0 Å². The van der Waals surface area contributed by atoms with Gasteiger partial charge >= 0.3 is 12.0 Å². The van der Waals surface area contributed by atoms with Crippen molar-refractivity contribution in [3.63, 3.8) is 0 Å². The van der Waals surface area contributed by atoms with Crippen LogP contribution in [0.2, 0.25) is 0 Å². The molecule has 0 radical (unpaired) electrons. The quantitative estimate of drug-likeness (QED) is 0.748. The van der Waals surface area contributed by atoms with Crippen molar-refractivity contribution in [1.82, 2.24) is 15.6 Å². The van der Waals surface area contributed by atoms with Gasteiger partial charge in [0.25, 0.3) is 0 Å². The third-order valence-electron chi connectivity index (χ3n) is 2.95. The number of amides is 2. The number of nitrogens with one attached hydrogen (secondary N) is 2. The highest BCUT2D eigenvalue weighted by Gasteiger charge is 2.51. The van der Waals surface area contributed by atoms with Gasteiger partial charge in [0.15, 0.2) is 0 Å². The van der Waals surface area contributed by atoms with Crippen LogP contribution in [-0.2, 0) is 4.79 Å². The summed E-state index contributed by atoms with van der Waals surface area (Å²) >= 11 is 1.54. The normalized spacial score (nSPS) is 17.8. The van der Waals surface area contributed by atoms with Crippen LogP contribution >= 0.6 is 11.3 Å². The lowest BCUT2D eigenvalue weighted by Gasteiger charge is -2.15. The number of carbonyl (C=O) groups is 2. The highest BCUT2D eigenvalue weighted by atomic mass is 32.1. The van der Waals surface area contributed by atoms with Gasteiger partial charge in [0, 0.05) is 24.0 Å². The van der Waals surface area contributed by atoms with Crippen LogP contribution in [0, 0.1) is 0 Å². The second-order valence-electron chi connectivity index (χ2n) is 4.49. The molecule has 0 spiro atoms. The summed E-state index contributed by atoms with van der Waals surface area (Å²) in [7, 11) is 0. The van der Waals surface area contributed by atoms with E-state index in [1.54, 1.807) is 6.20 Å². The lowest BCUT2D eigenvalue weighted by atomic mass is 10.2. The molecule has 1 fully saturated rings. The number of hydrogen-bond acceptors (Lipinski definition) is 4. The monoisotopic (exact) mass is 269 g/mol. The number of hydrogen-bond donors (Lipinski definition) is 3. The first-order chi connectivity index (χ1) is 8.53. The number of thiazole rings is 1. The summed E-state index contributed by atoms with van der Waals surface area (Å²) in [6.07, 6.45) is 2.72. The van der Waals surface area contributed by atoms with Gasteiger partial charge in [-0.15, -0.1) is 11.3 Å². The van der Waals surface area contributed by atoms with Crippen molar-refractivity contribution >= 4 is 23.3 Å². The first kappa shape index (κ1) is 12.8. The summed E-state index contributed by atoms with van der Waals surface area (Å²) in [4.78, 5) is 26.6. The summed E-state index contributed by atoms with van der Waals surface area (Å²) in [5.74, 6) is -0.846. The lowest BCUT2D eigenvalue weighted by molar-refractivity contribution is -0.140. The Morgan fingerprint density at radius 3 is 2.83 bits per heavy atom. The van der Waals surface area contributed by atoms with E-state index in [0.29, 0.717) is 19.4 Å². The molecule has 1 saturated carbocycles. The molecule has 1 unspecified atom stereocenters. The summed E-state index contributed by atoms with van der Waals surface area (Å²) < 4.78 is 0. The van der Waals surface area contributed by atoms with Crippen LogP contribution in [0.1, 0.15) is 30.7 Å². The number of aromatic nitrogens is 1. The second kappa shape index (κ2) is 4.93. The molecular weight excluding hydrogens is 254 g/mol. The molecule has 1 aliphatic carbocycles. The van der Waals surface area contributed by atoms with Gasteiger partial charge in [-0.25, -0.2) is 14.6 Å². The fourth-order valence-corrected chi connectivity index (χ4v) is 2.29. The van der Waals surface area contributed by atoms with E-state index in [4.69, 9.17) is 5.11 Å². The standard InChI is InChI=1S/C11H15N3O3S/c1-7(8-12-4-5-18-8)6-13-10(17)14-11(2-3-11)9(15)16/h4-5,7H,2-3,6H2,1H3,(H,15,16)(H2,13,14,17). The Hall–Kier alpha value is -1.63. The van der Waals surface area contributed by atoms with E-state index < -0.39 is 17.5 Å². The number of rotatable bonds is 5. The molecule has 0 aromatic carbocycles. The predicted molar refractivity (Wildman–Crippen MR) is 66.7 cm³/mol. The van der Waals surface area contributed by atoms with Gasteiger partial charge < -0.3 is 15.7 Å². The molecule has 1 aromatic heterocycles.